The van der Waals surface area contributed by atoms with Crippen LogP contribution in [0, 0.1) is 0 Å². The third-order valence-electron chi connectivity index (χ3n) is 22.0. The van der Waals surface area contributed by atoms with E-state index < -0.39 is 0 Å². The van der Waals surface area contributed by atoms with Crippen molar-refractivity contribution in [2.45, 2.75) is 0 Å². The number of anilines is 6. The van der Waals surface area contributed by atoms with Gasteiger partial charge >= 0.3 is 20.5 Å². The smallest absolute Gasteiger partial charge is 0.328 e. The van der Waals surface area contributed by atoms with Crippen LogP contribution >= 0.6 is 0 Å². The largest absolute Gasteiger partial charge is 0.376 e. The normalized spacial score (nSPS) is 12.3. The topological polar surface area (TPSA) is 9.72 Å². The Morgan fingerprint density at radius 2 is 0.426 bits per heavy atom. The fraction of sp³-hybridized carbons (Fsp3) is 0. The molecule has 3 nitrogen and oxygen atoms in total. The molecule has 21 rings (SSSR count). The van der Waals surface area contributed by atoms with Crippen molar-refractivity contribution in [1.29, 1.82) is 0 Å². The zero-order valence-corrected chi connectivity index (χ0v) is 59.6. The van der Waals surface area contributed by atoms with Crippen molar-refractivity contribution in [3.63, 3.8) is 0 Å². The molecule has 0 aliphatic carbocycles. The molecule has 18 aromatic carbocycles. The average molecular weight is 1370 g/mol. The average Bonchev–Trinajstić information content (AvgIpc) is 0.737. The van der Waals surface area contributed by atoms with Crippen molar-refractivity contribution in [2.75, 3.05) is 14.4 Å². The second-order valence-corrected chi connectivity index (χ2v) is 28.1. The lowest BCUT2D eigenvalue weighted by atomic mass is 9.45. The first-order valence-electron chi connectivity index (χ1n) is 37.5. The molecule has 504 valence electrons. The highest BCUT2D eigenvalue weighted by molar-refractivity contribution is 6.92. The van der Waals surface area contributed by atoms with Crippen LogP contribution in [-0.2, 0) is 0 Å². The Kier molecular flexibility index (Phi) is 17.3. The van der Waals surface area contributed by atoms with Gasteiger partial charge in [-0.15, -0.1) is 0 Å². The van der Waals surface area contributed by atoms with E-state index in [4.69, 9.17) is 0 Å². The Labute approximate surface area is 633 Å². The molecule has 3 aliphatic heterocycles. The molecule has 0 atom stereocenters. The molecule has 0 amide bonds. The summed E-state index contributed by atoms with van der Waals surface area (Å²) in [6, 6.07) is 158. The summed E-state index contributed by atoms with van der Waals surface area (Å²) < 4.78 is 0. The van der Waals surface area contributed by atoms with Crippen molar-refractivity contribution in [1.82, 2.24) is 0 Å². The van der Waals surface area contributed by atoms with Gasteiger partial charge in [0.05, 0.1) is 0 Å². The molecule has 0 saturated carbocycles. The highest BCUT2D eigenvalue weighted by Gasteiger charge is 2.40. The number of hydrogen-bond donors (Lipinski definition) is 0. The molecule has 0 aromatic heterocycles. The van der Waals surface area contributed by atoms with Gasteiger partial charge in [0.2, 0.25) is 0 Å². The van der Waals surface area contributed by atoms with Crippen LogP contribution in [0.25, 0.3) is 99.1 Å². The molecule has 3 aliphatic rings. The predicted molar refractivity (Wildman–Crippen MR) is 465 cm³/mol. The van der Waals surface area contributed by atoms with Crippen LogP contribution in [-0.4, -0.2) is 20.5 Å². The number of fused-ring (bicyclic) bond motifs is 12. The Bertz CT molecular complexity index is 5960. The molecule has 108 heavy (non-hydrogen) atoms. The monoisotopic (exact) mass is 1370 g/mol. The Morgan fingerprint density at radius 1 is 0.157 bits per heavy atom. The van der Waals surface area contributed by atoms with E-state index in [9.17, 15) is 0 Å². The second-order valence-electron chi connectivity index (χ2n) is 28.1. The van der Waals surface area contributed by atoms with E-state index >= 15 is 0 Å². The van der Waals surface area contributed by atoms with Crippen LogP contribution in [0.1, 0.15) is 0 Å². The summed E-state index contributed by atoms with van der Waals surface area (Å²) in [5.74, 6) is 0. The lowest BCUT2D eigenvalue weighted by Gasteiger charge is -2.39. The van der Waals surface area contributed by atoms with Gasteiger partial charge in [0, 0.05) is 50.8 Å². The maximum atomic E-state index is 2.50. The first-order valence-corrected chi connectivity index (χ1v) is 37.5. The summed E-state index contributed by atoms with van der Waals surface area (Å²) >= 11 is 0. The van der Waals surface area contributed by atoms with E-state index in [0.29, 0.717) is 0 Å². The molecule has 3 heterocycles. The van der Waals surface area contributed by atoms with E-state index in [1.807, 2.05) is 0 Å². The van der Waals surface area contributed by atoms with E-state index in [-0.39, 0.29) is 20.5 Å². The molecular weight excluding hydrogens is 1300 g/mol. The van der Waals surface area contributed by atoms with Crippen LogP contribution in [0.5, 0.6) is 0 Å². The van der Waals surface area contributed by atoms with Gasteiger partial charge in [0.25, 0.3) is 0 Å². The van der Waals surface area contributed by atoms with E-state index in [1.54, 1.807) is 0 Å². The zero-order valence-electron chi connectivity index (χ0n) is 59.6. The quantitative estimate of drug-likeness (QED) is 0.133. The molecular formula is C102H72B3N3. The molecule has 6 heteroatoms. The van der Waals surface area contributed by atoms with Crippen molar-refractivity contribution in [3.8, 4) is 66.8 Å². The molecule has 0 fully saturated rings. The van der Waals surface area contributed by atoms with Crippen molar-refractivity contribution >= 4 is 120 Å². The summed E-state index contributed by atoms with van der Waals surface area (Å²) in [5.41, 5.74) is 30.4. The highest BCUT2D eigenvalue weighted by Crippen LogP contribution is 2.45. The molecule has 0 unspecified atom stereocenters. The van der Waals surface area contributed by atoms with Gasteiger partial charge in [-0.05, 0) is 159 Å². The minimum Gasteiger partial charge on any atom is -0.376 e. The van der Waals surface area contributed by atoms with Gasteiger partial charge in [-0.3, -0.25) is 0 Å². The van der Waals surface area contributed by atoms with Gasteiger partial charge in [0.15, 0.2) is 0 Å². The molecule has 0 radical (unpaired) electrons. The number of nitrogens with zero attached hydrogens (tertiary/aromatic N) is 3. The van der Waals surface area contributed by atoms with Crippen LogP contribution in [0.15, 0.2) is 437 Å². The Balaban J connectivity index is 0.000000110. The minimum atomic E-state index is 0.0834. The fourth-order valence-electron chi connectivity index (χ4n) is 17.1. The third-order valence-corrected chi connectivity index (χ3v) is 22.0. The maximum absolute atomic E-state index is 2.50. The minimum absolute atomic E-state index is 0.0834. The van der Waals surface area contributed by atoms with E-state index in [1.165, 1.54) is 166 Å². The van der Waals surface area contributed by atoms with Crippen LogP contribution in [0.2, 0.25) is 0 Å². The Morgan fingerprint density at radius 3 is 0.843 bits per heavy atom. The van der Waals surface area contributed by atoms with Gasteiger partial charge in [-0.1, -0.05) is 393 Å². The number of rotatable bonds is 9. The van der Waals surface area contributed by atoms with Gasteiger partial charge in [-0.25, -0.2) is 0 Å². The number of hydrogen-bond acceptors (Lipinski definition) is 3. The molecule has 0 N–H and O–H groups in total. The first-order chi connectivity index (χ1) is 53.6. The van der Waals surface area contributed by atoms with Crippen LogP contribution < -0.4 is 47.2 Å². The predicted octanol–water partition coefficient (Wildman–Crippen LogP) is 22.3. The SMILES string of the molecule is c1ccc(B2c3ccc(-c4cccc5ccccc45)cc3-c3ccccc3N2c2ccccc2)cc1.c1ccc(B2c3ccccc3-c3ccccc3N2c2ccc(-c3cccc4ccccc34)cc2)cc1.c1ccc(N2B(c3ccc(-c4cccc5ccccc45)cc3)c3ccccc3-c3ccccc32)cc1. The van der Waals surface area contributed by atoms with E-state index in [0.717, 1.165) is 0 Å². The summed E-state index contributed by atoms with van der Waals surface area (Å²) in [5, 5.41) is 7.67. The summed E-state index contributed by atoms with van der Waals surface area (Å²) in [7, 11) is 0. The lowest BCUT2D eigenvalue weighted by molar-refractivity contribution is 1.36. The van der Waals surface area contributed by atoms with Gasteiger partial charge < -0.3 is 14.4 Å². The summed E-state index contributed by atoms with van der Waals surface area (Å²) in [6.07, 6.45) is 0. The molecule has 0 saturated heterocycles. The summed E-state index contributed by atoms with van der Waals surface area (Å²) in [4.78, 5) is 7.48. The second kappa shape index (κ2) is 28.8. The zero-order chi connectivity index (χ0) is 71.7. The molecule has 0 bridgehead atoms. The number of para-hydroxylation sites is 5. The fourth-order valence-corrected chi connectivity index (χ4v) is 17.1. The summed E-state index contributed by atoms with van der Waals surface area (Å²) in [6.45, 7) is 0.265. The van der Waals surface area contributed by atoms with Gasteiger partial charge in [0.1, 0.15) is 0 Å². The van der Waals surface area contributed by atoms with Crippen LogP contribution in [0.3, 0.4) is 0 Å². The first kappa shape index (κ1) is 65.1. The number of benzene rings is 18. The van der Waals surface area contributed by atoms with E-state index in [2.05, 4.69) is 451 Å². The van der Waals surface area contributed by atoms with Gasteiger partial charge in [-0.2, -0.15) is 0 Å². The lowest BCUT2D eigenvalue weighted by Crippen LogP contribution is -2.57. The molecule has 0 spiro atoms. The standard InChI is InChI=1S/3C34H24BN/c1-3-14-27(15-4-1)35-33-23-22-26(30-20-11-13-25-12-7-8-18-29(25)30)24-32(33)31-19-9-10-21-34(31)36(35)28-16-5-2-6-17-28;1-2-13-28(14-3-1)36-34-20-9-7-17-32(34)31-16-6-8-19-33(31)35(36)27-23-21-26(22-24-27)30-18-10-12-25-11-4-5-15-29(25)30;1-2-13-27(14-3-1)35-33-19-8-6-16-31(33)32-17-7-9-20-34(32)36(35)28-23-21-26(22-24-28)30-18-10-12-25-11-4-5-15-29(25)30/h3*1-24H. The van der Waals surface area contributed by atoms with Crippen LogP contribution in [0.4, 0.5) is 34.1 Å². The van der Waals surface area contributed by atoms with Crippen molar-refractivity contribution in [2.24, 2.45) is 0 Å². The third kappa shape index (κ3) is 12.0. The molecule has 18 aromatic rings. The van der Waals surface area contributed by atoms with Crippen molar-refractivity contribution < 1.29 is 0 Å². The Hall–Kier alpha value is -13.7. The van der Waals surface area contributed by atoms with Crippen molar-refractivity contribution in [3.05, 3.63) is 437 Å². The maximum Gasteiger partial charge on any atom is 0.328 e. The highest BCUT2D eigenvalue weighted by atomic mass is 15.1.